The van der Waals surface area contributed by atoms with Crippen LogP contribution in [-0.2, 0) is 44.2 Å². The van der Waals surface area contributed by atoms with Gasteiger partial charge < -0.3 is 19.1 Å². The number of aryl methyl sites for hydroxylation is 1. The average molecular weight is 434 g/mol. The minimum atomic E-state index is -1.66. The summed E-state index contributed by atoms with van der Waals surface area (Å²) in [5, 5.41) is 10.8. The van der Waals surface area contributed by atoms with Crippen LogP contribution < -0.4 is 5.56 Å². The number of hydrogen-bond donors (Lipinski definition) is 1. The summed E-state index contributed by atoms with van der Waals surface area (Å²) in [5.74, 6) is -1.15. The fourth-order valence-electron chi connectivity index (χ4n) is 4.96. The van der Waals surface area contributed by atoms with Gasteiger partial charge in [0.2, 0.25) is 5.60 Å². The summed E-state index contributed by atoms with van der Waals surface area (Å²) in [5.41, 5.74) is 2.58. The summed E-state index contributed by atoms with van der Waals surface area (Å²) in [4.78, 5) is 42.9. The lowest BCUT2D eigenvalue weighted by atomic mass is 9.85. The van der Waals surface area contributed by atoms with Crippen LogP contribution in [0.15, 0.2) is 29.1 Å². The first-order valence-electron chi connectivity index (χ1n) is 10.6. The number of rotatable bonds is 3. The Morgan fingerprint density at radius 1 is 1.25 bits per heavy atom. The third kappa shape index (κ3) is 2.62. The van der Waals surface area contributed by atoms with E-state index in [1.165, 1.54) is 6.92 Å². The molecule has 8 nitrogen and oxygen atoms in total. The van der Waals surface area contributed by atoms with E-state index in [4.69, 9.17) is 14.5 Å². The fraction of sp³-hybridized carbons (Fsp3) is 0.333. The first-order chi connectivity index (χ1) is 15.3. The zero-order chi connectivity index (χ0) is 22.8. The smallest absolute Gasteiger partial charge is 0.355 e. The monoisotopic (exact) mass is 434 g/mol. The molecule has 8 heteroatoms. The van der Waals surface area contributed by atoms with Gasteiger partial charge in [0.1, 0.15) is 12.4 Å². The van der Waals surface area contributed by atoms with Crippen LogP contribution in [0.3, 0.4) is 0 Å². The highest BCUT2D eigenvalue weighted by Gasteiger charge is 2.50. The van der Waals surface area contributed by atoms with Crippen LogP contribution in [0.25, 0.3) is 22.3 Å². The zero-order valence-corrected chi connectivity index (χ0v) is 18.0. The van der Waals surface area contributed by atoms with Crippen LogP contribution in [0, 0.1) is 0 Å². The Morgan fingerprint density at radius 2 is 2.03 bits per heavy atom. The van der Waals surface area contributed by atoms with Crippen molar-refractivity contribution in [2.45, 2.75) is 52.4 Å². The number of cyclic esters (lactones) is 1. The number of hydrogen-bond acceptors (Lipinski definition) is 7. The van der Waals surface area contributed by atoms with Gasteiger partial charge in [-0.05, 0) is 42.7 Å². The van der Waals surface area contributed by atoms with E-state index < -0.39 is 17.5 Å². The van der Waals surface area contributed by atoms with E-state index in [2.05, 4.69) is 0 Å². The second-order valence-electron chi connectivity index (χ2n) is 8.14. The van der Waals surface area contributed by atoms with Crippen LogP contribution in [0.2, 0.25) is 0 Å². The molecule has 0 saturated heterocycles. The van der Waals surface area contributed by atoms with Crippen LogP contribution >= 0.6 is 0 Å². The number of ether oxygens (including phenoxy) is 2. The number of aromatic hydroxyl groups is 1. The Bertz CT molecular complexity index is 1390. The van der Waals surface area contributed by atoms with Gasteiger partial charge in [0.15, 0.2) is 0 Å². The molecule has 5 rings (SSSR count). The van der Waals surface area contributed by atoms with Gasteiger partial charge in [-0.15, -0.1) is 0 Å². The number of benzene rings is 1. The third-order valence-electron chi connectivity index (χ3n) is 6.43. The zero-order valence-electron chi connectivity index (χ0n) is 18.0. The van der Waals surface area contributed by atoms with E-state index in [0.717, 1.165) is 16.5 Å². The van der Waals surface area contributed by atoms with Crippen LogP contribution in [0.4, 0.5) is 0 Å². The minimum Gasteiger partial charge on any atom is -0.508 e. The largest absolute Gasteiger partial charge is 0.508 e. The minimum absolute atomic E-state index is 0.138. The molecular weight excluding hydrogens is 412 g/mol. The molecule has 1 unspecified atom stereocenters. The highest BCUT2D eigenvalue weighted by atomic mass is 16.6. The van der Waals surface area contributed by atoms with Crippen molar-refractivity contribution in [2.75, 3.05) is 0 Å². The molecule has 0 radical (unpaired) electrons. The number of carbonyl (C=O) groups is 2. The molecule has 2 aliphatic rings. The second-order valence-corrected chi connectivity index (χ2v) is 8.14. The first-order valence-corrected chi connectivity index (χ1v) is 10.6. The number of nitrogens with zero attached hydrogens (tertiary/aromatic N) is 2. The highest BCUT2D eigenvalue weighted by molar-refractivity contribution is 5.90. The second kappa shape index (κ2) is 6.91. The van der Waals surface area contributed by atoms with Gasteiger partial charge >= 0.3 is 11.9 Å². The molecule has 2 aromatic heterocycles. The van der Waals surface area contributed by atoms with Gasteiger partial charge in [-0.1, -0.05) is 13.8 Å². The summed E-state index contributed by atoms with van der Waals surface area (Å²) >= 11 is 0. The Hall–Kier alpha value is -3.68. The molecule has 0 aliphatic carbocycles. The summed E-state index contributed by atoms with van der Waals surface area (Å²) in [6.45, 7) is 5.12. The molecule has 2 aliphatic heterocycles. The van der Waals surface area contributed by atoms with Crippen molar-refractivity contribution >= 4 is 22.8 Å². The molecule has 3 aromatic rings. The van der Waals surface area contributed by atoms with Crippen LogP contribution in [0.5, 0.6) is 5.75 Å². The van der Waals surface area contributed by atoms with Crippen molar-refractivity contribution in [3.8, 4) is 17.1 Å². The number of aromatic nitrogens is 2. The number of fused-ring (bicyclic) bond motifs is 5. The maximum atomic E-state index is 13.5. The Labute approximate surface area is 183 Å². The number of pyridine rings is 2. The lowest BCUT2D eigenvalue weighted by Crippen LogP contribution is -2.47. The number of esters is 2. The first kappa shape index (κ1) is 20.2. The summed E-state index contributed by atoms with van der Waals surface area (Å²) in [7, 11) is 0. The highest BCUT2D eigenvalue weighted by Crippen LogP contribution is 2.42. The van der Waals surface area contributed by atoms with Crippen molar-refractivity contribution in [1.29, 1.82) is 0 Å². The van der Waals surface area contributed by atoms with Gasteiger partial charge in [-0.2, -0.15) is 0 Å². The maximum Gasteiger partial charge on any atom is 0.355 e. The molecule has 1 N–H and O–H groups in total. The van der Waals surface area contributed by atoms with Crippen molar-refractivity contribution in [3.63, 3.8) is 0 Å². The van der Waals surface area contributed by atoms with E-state index in [9.17, 15) is 19.5 Å². The molecule has 0 spiro atoms. The van der Waals surface area contributed by atoms with Crippen molar-refractivity contribution in [1.82, 2.24) is 9.55 Å². The van der Waals surface area contributed by atoms with Gasteiger partial charge in [-0.25, -0.2) is 9.78 Å². The third-order valence-corrected chi connectivity index (χ3v) is 6.43. The predicted molar refractivity (Wildman–Crippen MR) is 115 cm³/mol. The summed E-state index contributed by atoms with van der Waals surface area (Å²) < 4.78 is 12.4. The molecule has 0 bridgehead atoms. The number of carbonyl (C=O) groups excluding carboxylic acids is 2. The normalized spacial score (nSPS) is 18.7. The van der Waals surface area contributed by atoms with Crippen molar-refractivity contribution in [3.05, 3.63) is 56.9 Å². The molecule has 0 amide bonds. The van der Waals surface area contributed by atoms with E-state index in [-0.39, 0.29) is 24.3 Å². The Morgan fingerprint density at radius 3 is 2.72 bits per heavy atom. The van der Waals surface area contributed by atoms with Crippen molar-refractivity contribution < 1.29 is 24.2 Å². The Balaban J connectivity index is 1.82. The van der Waals surface area contributed by atoms with E-state index in [0.29, 0.717) is 41.0 Å². The molecule has 0 saturated carbocycles. The lowest BCUT2D eigenvalue weighted by molar-refractivity contribution is -0.188. The average Bonchev–Trinajstić information content (AvgIpc) is 3.12. The molecule has 1 atom stereocenters. The van der Waals surface area contributed by atoms with Crippen molar-refractivity contribution in [2.24, 2.45) is 0 Å². The molecule has 0 fully saturated rings. The topological polar surface area (TPSA) is 108 Å². The Kier molecular flexibility index (Phi) is 4.37. The van der Waals surface area contributed by atoms with Gasteiger partial charge in [0.05, 0.1) is 29.0 Å². The molecular formula is C24H22N2O6. The molecule has 4 heterocycles. The molecule has 164 valence electrons. The van der Waals surface area contributed by atoms with Gasteiger partial charge in [-0.3, -0.25) is 9.59 Å². The maximum absolute atomic E-state index is 13.5. The SMILES string of the molecule is CCc1c2c(nc3ccc(O)cc13)-c1cc3c(c(=O)n1C2)COC(=O)C3(CC)OC(C)=O. The number of phenols is 1. The predicted octanol–water partition coefficient (Wildman–Crippen LogP) is 2.92. The van der Waals surface area contributed by atoms with Gasteiger partial charge in [0, 0.05) is 23.4 Å². The molecule has 1 aromatic carbocycles. The summed E-state index contributed by atoms with van der Waals surface area (Å²) in [6, 6.07) is 6.76. The standard InChI is InChI=1S/C24H22N2O6/c1-4-14-15-8-13(28)6-7-19(15)25-21-16(14)10-26-20(21)9-18-17(22(26)29)11-31-23(30)24(18,5-2)32-12(3)27/h6-9,28H,4-5,10-11H2,1-3H3. The number of phenolic OH excluding ortho intramolecular Hbond substituents is 1. The van der Waals surface area contributed by atoms with E-state index in [1.807, 2.05) is 6.92 Å². The van der Waals surface area contributed by atoms with Gasteiger partial charge in [0.25, 0.3) is 5.56 Å². The van der Waals surface area contributed by atoms with E-state index >= 15 is 0 Å². The molecule has 32 heavy (non-hydrogen) atoms. The van der Waals surface area contributed by atoms with Crippen LogP contribution in [0.1, 0.15) is 49.4 Å². The lowest BCUT2D eigenvalue weighted by Gasteiger charge is -2.35. The van der Waals surface area contributed by atoms with E-state index in [1.54, 1.807) is 35.8 Å². The fourth-order valence-corrected chi connectivity index (χ4v) is 4.96. The summed E-state index contributed by atoms with van der Waals surface area (Å²) in [6.07, 6.45) is 0.833. The quantitative estimate of drug-likeness (QED) is 0.494. The van der Waals surface area contributed by atoms with Crippen LogP contribution in [-0.4, -0.2) is 26.6 Å².